The van der Waals surface area contributed by atoms with Crippen molar-refractivity contribution in [2.45, 2.75) is 25.2 Å². The van der Waals surface area contributed by atoms with Crippen LogP contribution in [0.2, 0.25) is 0 Å². The minimum Gasteiger partial charge on any atom is -0.493 e. The molecule has 0 amide bonds. The van der Waals surface area contributed by atoms with E-state index < -0.39 is 10.0 Å². The second-order valence-electron chi connectivity index (χ2n) is 4.65. The largest absolute Gasteiger partial charge is 0.493 e. The van der Waals surface area contributed by atoms with Crippen molar-refractivity contribution in [2.75, 3.05) is 12.3 Å². The summed E-state index contributed by atoms with van der Waals surface area (Å²) in [6.45, 7) is 4.00. The van der Waals surface area contributed by atoms with Gasteiger partial charge in [0.2, 0.25) is 10.0 Å². The van der Waals surface area contributed by atoms with E-state index >= 15 is 0 Å². The van der Waals surface area contributed by atoms with Crippen LogP contribution < -0.4 is 15.6 Å². The van der Waals surface area contributed by atoms with Gasteiger partial charge in [0.1, 0.15) is 5.75 Å². The highest BCUT2D eigenvalue weighted by Crippen LogP contribution is 2.28. The number of nitrogens with two attached hydrogens (primary N) is 2. The molecular weight excluding hydrogens is 310 g/mol. The molecule has 6 nitrogen and oxygen atoms in total. The number of thiazole rings is 1. The van der Waals surface area contributed by atoms with Crippen LogP contribution in [0.3, 0.4) is 0 Å². The van der Waals surface area contributed by atoms with Crippen molar-refractivity contribution in [3.63, 3.8) is 0 Å². The summed E-state index contributed by atoms with van der Waals surface area (Å²) in [6.07, 6.45) is 0.704. The normalized spacial score (nSPS) is 11.6. The predicted molar refractivity (Wildman–Crippen MR) is 83.0 cm³/mol. The van der Waals surface area contributed by atoms with Crippen LogP contribution in [-0.4, -0.2) is 20.0 Å². The van der Waals surface area contributed by atoms with Crippen molar-refractivity contribution < 1.29 is 13.2 Å². The highest BCUT2D eigenvalue weighted by atomic mass is 32.2. The van der Waals surface area contributed by atoms with Crippen LogP contribution in [0.25, 0.3) is 0 Å². The fourth-order valence-corrected chi connectivity index (χ4v) is 3.54. The SMILES string of the molecule is Cc1ncsc1CCOc1cc(N)cc(S(N)(=O)=O)c1C. The van der Waals surface area contributed by atoms with Gasteiger partial charge in [0.15, 0.2) is 0 Å². The number of hydrogen-bond acceptors (Lipinski definition) is 6. The first-order valence-corrected chi connectivity index (χ1v) is 8.66. The van der Waals surface area contributed by atoms with Gasteiger partial charge >= 0.3 is 0 Å². The first kappa shape index (κ1) is 15.7. The summed E-state index contributed by atoms with van der Waals surface area (Å²) in [5.74, 6) is 0.432. The average Bonchev–Trinajstić information content (AvgIpc) is 2.77. The van der Waals surface area contributed by atoms with E-state index in [0.29, 0.717) is 30.0 Å². The fraction of sp³-hybridized carbons (Fsp3) is 0.308. The van der Waals surface area contributed by atoms with Crippen molar-refractivity contribution in [3.8, 4) is 5.75 Å². The Balaban J connectivity index is 2.17. The third kappa shape index (κ3) is 3.72. The molecule has 0 aliphatic heterocycles. The summed E-state index contributed by atoms with van der Waals surface area (Å²) in [7, 11) is -3.82. The van der Waals surface area contributed by atoms with Crippen LogP contribution in [0.5, 0.6) is 5.75 Å². The van der Waals surface area contributed by atoms with Crippen molar-refractivity contribution in [1.29, 1.82) is 0 Å². The van der Waals surface area contributed by atoms with Gasteiger partial charge in [-0.3, -0.25) is 0 Å². The van der Waals surface area contributed by atoms with Crippen LogP contribution in [0, 0.1) is 13.8 Å². The lowest BCUT2D eigenvalue weighted by Crippen LogP contribution is -2.15. The molecule has 8 heteroatoms. The molecule has 2 aromatic rings. The van der Waals surface area contributed by atoms with Gasteiger partial charge in [-0.1, -0.05) is 0 Å². The number of benzene rings is 1. The van der Waals surface area contributed by atoms with E-state index in [1.54, 1.807) is 29.8 Å². The lowest BCUT2D eigenvalue weighted by Gasteiger charge is -2.13. The Kier molecular flexibility index (Phi) is 4.50. The van der Waals surface area contributed by atoms with Gasteiger partial charge in [-0.25, -0.2) is 18.5 Å². The lowest BCUT2D eigenvalue weighted by molar-refractivity contribution is 0.319. The molecule has 0 fully saturated rings. The van der Waals surface area contributed by atoms with Gasteiger partial charge in [-0.2, -0.15) is 0 Å². The molecule has 0 atom stereocenters. The second kappa shape index (κ2) is 6.00. The molecule has 0 aliphatic carbocycles. The Morgan fingerprint density at radius 1 is 1.33 bits per heavy atom. The van der Waals surface area contributed by atoms with Gasteiger partial charge in [0.05, 0.1) is 22.7 Å². The Morgan fingerprint density at radius 2 is 2.05 bits per heavy atom. The fourth-order valence-electron chi connectivity index (χ4n) is 1.95. The summed E-state index contributed by atoms with van der Waals surface area (Å²) in [5.41, 5.74) is 9.24. The van der Waals surface area contributed by atoms with Crippen LogP contribution in [-0.2, 0) is 16.4 Å². The number of ether oxygens (including phenoxy) is 1. The molecular formula is C13H17N3O3S2. The molecule has 0 radical (unpaired) electrons. The second-order valence-corrected chi connectivity index (χ2v) is 7.12. The number of hydrogen-bond donors (Lipinski definition) is 2. The van der Waals surface area contributed by atoms with E-state index in [2.05, 4.69) is 4.98 Å². The molecule has 0 saturated heterocycles. The van der Waals surface area contributed by atoms with Gasteiger partial charge in [0.25, 0.3) is 0 Å². The molecule has 0 bridgehead atoms. The Morgan fingerprint density at radius 3 is 2.62 bits per heavy atom. The van der Waals surface area contributed by atoms with Crippen LogP contribution >= 0.6 is 11.3 Å². The Labute approximate surface area is 127 Å². The standard InChI is InChI=1S/C13H17N3O3S2/c1-8-11(5-10(14)6-13(8)21(15,17)18)19-4-3-12-9(2)16-7-20-12/h5-7H,3-4,14H2,1-2H3,(H2,15,17,18). The summed E-state index contributed by atoms with van der Waals surface area (Å²) in [4.78, 5) is 5.30. The first-order chi connectivity index (χ1) is 9.79. The molecule has 0 saturated carbocycles. The number of aromatic nitrogens is 1. The number of rotatable bonds is 5. The number of nitrogens with zero attached hydrogens (tertiary/aromatic N) is 1. The zero-order chi connectivity index (χ0) is 15.6. The van der Waals surface area contributed by atoms with Crippen molar-refractivity contribution in [1.82, 2.24) is 4.98 Å². The van der Waals surface area contributed by atoms with E-state index in [4.69, 9.17) is 15.6 Å². The van der Waals surface area contributed by atoms with Crippen LogP contribution in [0.4, 0.5) is 5.69 Å². The molecule has 0 spiro atoms. The summed E-state index contributed by atoms with van der Waals surface area (Å²) >= 11 is 1.57. The zero-order valence-electron chi connectivity index (χ0n) is 11.8. The third-order valence-electron chi connectivity index (χ3n) is 3.07. The van der Waals surface area contributed by atoms with Crippen LogP contribution in [0.1, 0.15) is 16.1 Å². The van der Waals surface area contributed by atoms with E-state index in [1.807, 2.05) is 6.92 Å². The Hall–Kier alpha value is -1.64. The first-order valence-electron chi connectivity index (χ1n) is 6.23. The topological polar surface area (TPSA) is 108 Å². The molecule has 0 aliphatic rings. The summed E-state index contributed by atoms with van der Waals surface area (Å²) < 4.78 is 28.7. The van der Waals surface area contributed by atoms with E-state index in [-0.39, 0.29) is 4.90 Å². The quantitative estimate of drug-likeness (QED) is 0.811. The van der Waals surface area contributed by atoms with E-state index in [0.717, 1.165) is 10.6 Å². The molecule has 1 heterocycles. The number of anilines is 1. The molecule has 4 N–H and O–H groups in total. The van der Waals surface area contributed by atoms with E-state index in [1.165, 1.54) is 6.07 Å². The molecule has 114 valence electrons. The van der Waals surface area contributed by atoms with E-state index in [9.17, 15) is 8.42 Å². The number of primary sulfonamides is 1. The maximum absolute atomic E-state index is 11.5. The highest BCUT2D eigenvalue weighted by Gasteiger charge is 2.16. The minimum atomic E-state index is -3.82. The van der Waals surface area contributed by atoms with Gasteiger partial charge in [-0.15, -0.1) is 11.3 Å². The van der Waals surface area contributed by atoms with Gasteiger partial charge in [-0.05, 0) is 19.9 Å². The highest BCUT2D eigenvalue weighted by molar-refractivity contribution is 7.89. The Bertz CT molecular complexity index is 754. The van der Waals surface area contributed by atoms with Crippen molar-refractivity contribution in [2.24, 2.45) is 5.14 Å². The molecule has 0 unspecified atom stereocenters. The average molecular weight is 327 g/mol. The molecule has 2 rings (SSSR count). The van der Waals surface area contributed by atoms with Crippen molar-refractivity contribution in [3.05, 3.63) is 33.8 Å². The number of nitrogen functional groups attached to an aromatic ring is 1. The summed E-state index contributed by atoms with van der Waals surface area (Å²) in [5, 5.41) is 5.18. The van der Waals surface area contributed by atoms with Gasteiger partial charge < -0.3 is 10.5 Å². The zero-order valence-corrected chi connectivity index (χ0v) is 13.4. The number of aryl methyl sites for hydroxylation is 1. The number of sulfonamides is 1. The van der Waals surface area contributed by atoms with Crippen LogP contribution in [0.15, 0.2) is 22.5 Å². The smallest absolute Gasteiger partial charge is 0.238 e. The monoisotopic (exact) mass is 327 g/mol. The lowest BCUT2D eigenvalue weighted by atomic mass is 10.2. The molecule has 1 aromatic heterocycles. The molecule has 1 aromatic carbocycles. The molecule has 21 heavy (non-hydrogen) atoms. The van der Waals surface area contributed by atoms with Crippen molar-refractivity contribution >= 4 is 27.0 Å². The maximum Gasteiger partial charge on any atom is 0.238 e. The minimum absolute atomic E-state index is 0.00790. The van der Waals surface area contributed by atoms with Gasteiger partial charge in [0, 0.05) is 28.6 Å². The maximum atomic E-state index is 11.5. The predicted octanol–water partition coefficient (Wildman–Crippen LogP) is 1.61. The summed E-state index contributed by atoms with van der Waals surface area (Å²) in [6, 6.07) is 2.94. The third-order valence-corrected chi connectivity index (χ3v) is 5.10.